The lowest BCUT2D eigenvalue weighted by Crippen LogP contribution is -2.16. The second kappa shape index (κ2) is 3.52. The Morgan fingerprint density at radius 3 is 2.43 bits per heavy atom. The lowest BCUT2D eigenvalue weighted by Gasteiger charge is -2.30. The molecule has 0 radical (unpaired) electrons. The van der Waals surface area contributed by atoms with Crippen molar-refractivity contribution >= 4 is 0 Å². The van der Waals surface area contributed by atoms with Crippen molar-refractivity contribution in [2.45, 2.75) is 25.7 Å². The average molecular weight is 192 g/mol. The zero-order valence-corrected chi connectivity index (χ0v) is 8.96. The van der Waals surface area contributed by atoms with Gasteiger partial charge in [-0.25, -0.2) is 0 Å². The first-order chi connectivity index (χ1) is 6.80. The van der Waals surface area contributed by atoms with Crippen molar-refractivity contribution in [3.63, 3.8) is 0 Å². The predicted octanol–water partition coefficient (Wildman–Crippen LogP) is 2.75. The molecule has 0 unspecified atom stereocenters. The fourth-order valence-corrected chi connectivity index (χ4v) is 2.10. The summed E-state index contributed by atoms with van der Waals surface area (Å²) in [7, 11) is 3.37. The highest BCUT2D eigenvalue weighted by Crippen LogP contribution is 2.43. The van der Waals surface area contributed by atoms with Crippen LogP contribution in [0.1, 0.15) is 30.4 Å². The Bertz CT molecular complexity index is 344. The molecule has 0 amide bonds. The van der Waals surface area contributed by atoms with Crippen molar-refractivity contribution < 1.29 is 9.47 Å². The van der Waals surface area contributed by atoms with Gasteiger partial charge in [0.2, 0.25) is 0 Å². The molecule has 0 aromatic heterocycles. The van der Waals surface area contributed by atoms with E-state index in [0.29, 0.717) is 0 Å². The Morgan fingerprint density at radius 2 is 1.86 bits per heavy atom. The molecule has 1 atom stereocenters. The number of hydrogen-bond acceptors (Lipinski definition) is 2. The zero-order valence-electron chi connectivity index (χ0n) is 8.96. The maximum absolute atomic E-state index is 5.27. The van der Waals surface area contributed by atoms with Crippen LogP contribution in [0.4, 0.5) is 0 Å². The lowest BCUT2D eigenvalue weighted by atomic mass is 9.76. The van der Waals surface area contributed by atoms with Crippen LogP contribution in [0.25, 0.3) is 0 Å². The minimum atomic E-state index is 0.727. The molecule has 0 saturated heterocycles. The molecular formula is C12H16O2. The molecule has 1 aromatic carbocycles. The van der Waals surface area contributed by atoms with E-state index in [0.717, 1.165) is 17.4 Å². The topological polar surface area (TPSA) is 18.5 Å². The highest BCUT2D eigenvalue weighted by Gasteiger charge is 2.26. The van der Waals surface area contributed by atoms with E-state index in [1.54, 1.807) is 14.2 Å². The van der Waals surface area contributed by atoms with Crippen LogP contribution in [0.3, 0.4) is 0 Å². The number of methoxy groups -OCH3 is 2. The average Bonchev–Trinajstić information content (AvgIpc) is 2.20. The van der Waals surface area contributed by atoms with Crippen LogP contribution >= 0.6 is 0 Å². The summed E-state index contributed by atoms with van der Waals surface area (Å²) in [6, 6.07) is 4.21. The van der Waals surface area contributed by atoms with Gasteiger partial charge in [0, 0.05) is 0 Å². The van der Waals surface area contributed by atoms with E-state index in [1.165, 1.54) is 24.0 Å². The molecule has 1 aromatic rings. The molecule has 2 heteroatoms. The molecule has 0 saturated carbocycles. The zero-order chi connectivity index (χ0) is 10.1. The fourth-order valence-electron chi connectivity index (χ4n) is 2.10. The van der Waals surface area contributed by atoms with Gasteiger partial charge in [0.25, 0.3) is 0 Å². The summed E-state index contributed by atoms with van der Waals surface area (Å²) >= 11 is 0. The van der Waals surface area contributed by atoms with E-state index in [9.17, 15) is 0 Å². The van der Waals surface area contributed by atoms with Gasteiger partial charge in [0.1, 0.15) is 0 Å². The molecule has 0 bridgehead atoms. The van der Waals surface area contributed by atoms with Crippen LogP contribution in [0, 0.1) is 0 Å². The van der Waals surface area contributed by atoms with E-state index in [4.69, 9.17) is 9.47 Å². The van der Waals surface area contributed by atoms with Crippen LogP contribution in [-0.4, -0.2) is 14.2 Å². The number of fused-ring (bicyclic) bond motifs is 1. The van der Waals surface area contributed by atoms with Crippen molar-refractivity contribution in [1.29, 1.82) is 0 Å². The largest absolute Gasteiger partial charge is 0.493 e. The van der Waals surface area contributed by atoms with E-state index < -0.39 is 0 Å². The quantitative estimate of drug-likeness (QED) is 0.733. The van der Waals surface area contributed by atoms with E-state index >= 15 is 0 Å². The smallest absolute Gasteiger partial charge is 0.161 e. The summed E-state index contributed by atoms with van der Waals surface area (Å²) in [5, 5.41) is 0. The fraction of sp³-hybridized carbons (Fsp3) is 0.500. The number of ether oxygens (including phenoxy) is 2. The second-order valence-electron chi connectivity index (χ2n) is 3.72. The van der Waals surface area contributed by atoms with Gasteiger partial charge in [0.15, 0.2) is 11.5 Å². The molecule has 1 aliphatic carbocycles. The minimum Gasteiger partial charge on any atom is -0.493 e. The normalized spacial score (nSPS) is 18.4. The Balaban J connectivity index is 2.38. The predicted molar refractivity (Wildman–Crippen MR) is 56.3 cm³/mol. The Kier molecular flexibility index (Phi) is 2.36. The van der Waals surface area contributed by atoms with Crippen molar-refractivity contribution in [3.8, 4) is 11.5 Å². The van der Waals surface area contributed by atoms with Gasteiger partial charge < -0.3 is 9.47 Å². The molecule has 0 fully saturated rings. The van der Waals surface area contributed by atoms with Gasteiger partial charge in [-0.15, -0.1) is 0 Å². The van der Waals surface area contributed by atoms with Gasteiger partial charge in [-0.3, -0.25) is 0 Å². The first kappa shape index (κ1) is 9.38. The van der Waals surface area contributed by atoms with Crippen LogP contribution in [0.2, 0.25) is 0 Å². The first-order valence-electron chi connectivity index (χ1n) is 5.05. The van der Waals surface area contributed by atoms with Crippen molar-refractivity contribution in [2.75, 3.05) is 14.2 Å². The Labute approximate surface area is 84.8 Å². The molecule has 2 nitrogen and oxygen atoms in total. The minimum absolute atomic E-state index is 0.727. The Morgan fingerprint density at radius 1 is 1.21 bits per heavy atom. The van der Waals surface area contributed by atoms with Crippen LogP contribution in [0.5, 0.6) is 11.5 Å². The van der Waals surface area contributed by atoms with Crippen LogP contribution in [0.15, 0.2) is 12.1 Å². The molecule has 2 rings (SSSR count). The molecule has 14 heavy (non-hydrogen) atoms. The third kappa shape index (κ3) is 1.26. The van der Waals surface area contributed by atoms with Crippen LogP contribution in [-0.2, 0) is 6.42 Å². The highest BCUT2D eigenvalue weighted by atomic mass is 16.5. The molecule has 76 valence electrons. The van der Waals surface area contributed by atoms with Gasteiger partial charge >= 0.3 is 0 Å². The van der Waals surface area contributed by atoms with Gasteiger partial charge in [-0.05, 0) is 42.0 Å². The number of hydrogen-bond donors (Lipinski definition) is 0. The summed E-state index contributed by atoms with van der Waals surface area (Å²) in [5.74, 6) is 2.43. The van der Waals surface area contributed by atoms with Crippen molar-refractivity contribution in [3.05, 3.63) is 23.3 Å². The van der Waals surface area contributed by atoms with E-state index in [2.05, 4.69) is 19.1 Å². The third-order valence-corrected chi connectivity index (χ3v) is 3.04. The molecule has 0 spiro atoms. The molecule has 0 heterocycles. The van der Waals surface area contributed by atoms with Gasteiger partial charge in [-0.2, -0.15) is 0 Å². The standard InChI is InChI=1S/C12H16O2/c1-4-8-5-9-6-11(13-2)12(14-3)7-10(8)9/h6-8H,4-5H2,1-3H3/t8-/m0/s1. The summed E-state index contributed by atoms with van der Waals surface area (Å²) in [6.45, 7) is 2.23. The summed E-state index contributed by atoms with van der Waals surface area (Å²) < 4.78 is 10.5. The van der Waals surface area contributed by atoms with E-state index in [-0.39, 0.29) is 0 Å². The summed E-state index contributed by atoms with van der Waals surface area (Å²) in [6.07, 6.45) is 2.40. The molecule has 1 aliphatic rings. The molecule has 0 N–H and O–H groups in total. The second-order valence-corrected chi connectivity index (χ2v) is 3.72. The molecule has 0 aliphatic heterocycles. The number of rotatable bonds is 3. The third-order valence-electron chi connectivity index (χ3n) is 3.04. The number of benzene rings is 1. The monoisotopic (exact) mass is 192 g/mol. The summed E-state index contributed by atoms with van der Waals surface area (Å²) in [5.41, 5.74) is 2.85. The van der Waals surface area contributed by atoms with Gasteiger partial charge in [0.05, 0.1) is 14.2 Å². The van der Waals surface area contributed by atoms with Gasteiger partial charge in [-0.1, -0.05) is 6.92 Å². The van der Waals surface area contributed by atoms with Crippen molar-refractivity contribution in [1.82, 2.24) is 0 Å². The highest BCUT2D eigenvalue weighted by molar-refractivity contribution is 5.53. The van der Waals surface area contributed by atoms with Crippen molar-refractivity contribution in [2.24, 2.45) is 0 Å². The summed E-state index contributed by atoms with van der Waals surface area (Å²) in [4.78, 5) is 0. The SMILES string of the molecule is CC[C@H]1Cc2cc(OC)c(OC)cc21. The maximum atomic E-state index is 5.27. The first-order valence-corrected chi connectivity index (χ1v) is 5.05. The molecular weight excluding hydrogens is 176 g/mol. The van der Waals surface area contributed by atoms with Crippen LogP contribution < -0.4 is 9.47 Å². The Hall–Kier alpha value is -1.18. The van der Waals surface area contributed by atoms with E-state index in [1.807, 2.05) is 0 Å². The lowest BCUT2D eigenvalue weighted by molar-refractivity contribution is 0.352. The maximum Gasteiger partial charge on any atom is 0.161 e.